The number of ether oxygens (including phenoxy) is 1. The van der Waals surface area contributed by atoms with Crippen LogP contribution in [0.3, 0.4) is 0 Å². The summed E-state index contributed by atoms with van der Waals surface area (Å²) in [6, 6.07) is 2.29. The van der Waals surface area contributed by atoms with Crippen molar-refractivity contribution in [3.05, 3.63) is 34.5 Å². The quantitative estimate of drug-likeness (QED) is 0.847. The van der Waals surface area contributed by atoms with E-state index >= 15 is 0 Å². The van der Waals surface area contributed by atoms with Gasteiger partial charge in [-0.2, -0.15) is 0 Å². The molecule has 2 rings (SSSR count). The SMILES string of the molecule is CCCNC(Cc1nccn1C)c1sccc1OC. The molecular weight excluding hydrogens is 258 g/mol. The molecular formula is C14H21N3OS. The van der Waals surface area contributed by atoms with Crippen LogP contribution in [0, 0.1) is 0 Å². The van der Waals surface area contributed by atoms with Gasteiger partial charge in [-0.15, -0.1) is 11.3 Å². The highest BCUT2D eigenvalue weighted by atomic mass is 32.1. The number of aryl methyl sites for hydroxylation is 1. The Morgan fingerprint density at radius 3 is 3.00 bits per heavy atom. The fraction of sp³-hybridized carbons (Fsp3) is 0.500. The number of rotatable bonds is 7. The van der Waals surface area contributed by atoms with Gasteiger partial charge >= 0.3 is 0 Å². The van der Waals surface area contributed by atoms with Crippen LogP contribution in [0.2, 0.25) is 0 Å². The van der Waals surface area contributed by atoms with Crippen LogP contribution >= 0.6 is 11.3 Å². The number of nitrogens with zero attached hydrogens (tertiary/aromatic N) is 2. The Balaban J connectivity index is 2.18. The average Bonchev–Trinajstić information content (AvgIpc) is 3.03. The lowest BCUT2D eigenvalue weighted by molar-refractivity contribution is 0.401. The Kier molecular flexibility index (Phi) is 4.99. The summed E-state index contributed by atoms with van der Waals surface area (Å²) in [5.74, 6) is 2.05. The van der Waals surface area contributed by atoms with Crippen molar-refractivity contribution in [1.29, 1.82) is 0 Å². The number of hydrogen-bond donors (Lipinski definition) is 1. The summed E-state index contributed by atoms with van der Waals surface area (Å²) in [6.07, 6.45) is 5.82. The van der Waals surface area contributed by atoms with Crippen molar-refractivity contribution in [3.8, 4) is 5.75 Å². The van der Waals surface area contributed by atoms with Gasteiger partial charge in [0.25, 0.3) is 0 Å². The number of nitrogens with one attached hydrogen (secondary N) is 1. The summed E-state index contributed by atoms with van der Waals surface area (Å²) in [4.78, 5) is 5.66. The zero-order chi connectivity index (χ0) is 13.7. The minimum Gasteiger partial charge on any atom is -0.496 e. The third-order valence-electron chi connectivity index (χ3n) is 3.14. The van der Waals surface area contributed by atoms with Crippen LogP contribution in [0.4, 0.5) is 0 Å². The monoisotopic (exact) mass is 279 g/mol. The van der Waals surface area contributed by atoms with E-state index in [4.69, 9.17) is 4.74 Å². The van der Waals surface area contributed by atoms with E-state index in [1.807, 2.05) is 25.5 Å². The molecule has 0 saturated carbocycles. The fourth-order valence-corrected chi connectivity index (χ4v) is 3.02. The summed E-state index contributed by atoms with van der Waals surface area (Å²) in [6.45, 7) is 3.17. The van der Waals surface area contributed by atoms with Crippen molar-refractivity contribution in [2.45, 2.75) is 25.8 Å². The molecule has 0 fully saturated rings. The minimum atomic E-state index is 0.260. The van der Waals surface area contributed by atoms with E-state index in [0.717, 1.165) is 31.0 Å². The van der Waals surface area contributed by atoms with Crippen LogP contribution in [0.1, 0.15) is 30.1 Å². The number of hydrogen-bond acceptors (Lipinski definition) is 4. The molecule has 1 atom stereocenters. The molecule has 2 aromatic heterocycles. The summed E-state index contributed by atoms with van der Waals surface area (Å²) in [5, 5.41) is 5.67. The molecule has 0 spiro atoms. The average molecular weight is 279 g/mol. The fourth-order valence-electron chi connectivity index (χ4n) is 2.08. The first-order valence-electron chi connectivity index (χ1n) is 6.57. The molecule has 104 valence electrons. The van der Waals surface area contributed by atoms with E-state index in [1.54, 1.807) is 18.4 Å². The number of methoxy groups -OCH3 is 1. The Hall–Kier alpha value is -1.33. The standard InChI is InChI=1S/C14H21N3OS/c1-4-6-15-11(10-13-16-7-8-17(13)2)14-12(18-3)5-9-19-14/h5,7-9,11,15H,4,6,10H2,1-3H3. The van der Waals surface area contributed by atoms with Crippen LogP contribution < -0.4 is 10.1 Å². The lowest BCUT2D eigenvalue weighted by Crippen LogP contribution is -2.24. The van der Waals surface area contributed by atoms with Crippen molar-refractivity contribution in [2.24, 2.45) is 7.05 Å². The second-order valence-electron chi connectivity index (χ2n) is 4.52. The van der Waals surface area contributed by atoms with Gasteiger partial charge in [0.2, 0.25) is 0 Å². The number of thiophene rings is 1. The Morgan fingerprint density at radius 1 is 1.53 bits per heavy atom. The van der Waals surface area contributed by atoms with E-state index in [9.17, 15) is 0 Å². The van der Waals surface area contributed by atoms with Crippen molar-refractivity contribution >= 4 is 11.3 Å². The maximum Gasteiger partial charge on any atom is 0.134 e. The van der Waals surface area contributed by atoms with Gasteiger partial charge < -0.3 is 14.6 Å². The first-order valence-corrected chi connectivity index (χ1v) is 7.45. The molecule has 0 aliphatic rings. The molecule has 2 heterocycles. The molecule has 0 amide bonds. The molecule has 1 N–H and O–H groups in total. The molecule has 0 aliphatic heterocycles. The zero-order valence-corrected chi connectivity index (χ0v) is 12.5. The van der Waals surface area contributed by atoms with Gasteiger partial charge in [0.05, 0.1) is 18.0 Å². The van der Waals surface area contributed by atoms with E-state index in [-0.39, 0.29) is 6.04 Å². The summed E-state index contributed by atoms with van der Waals surface area (Å²) in [5.41, 5.74) is 0. The van der Waals surface area contributed by atoms with Crippen LogP contribution in [0.25, 0.3) is 0 Å². The summed E-state index contributed by atoms with van der Waals surface area (Å²) < 4.78 is 7.51. The second kappa shape index (κ2) is 6.73. The van der Waals surface area contributed by atoms with Gasteiger partial charge in [0.1, 0.15) is 11.6 Å². The normalized spacial score (nSPS) is 12.6. The highest BCUT2D eigenvalue weighted by Crippen LogP contribution is 2.32. The molecule has 0 bridgehead atoms. The van der Waals surface area contributed by atoms with Crippen molar-refractivity contribution < 1.29 is 4.74 Å². The van der Waals surface area contributed by atoms with Gasteiger partial charge in [-0.3, -0.25) is 0 Å². The molecule has 4 nitrogen and oxygen atoms in total. The van der Waals surface area contributed by atoms with Gasteiger partial charge in [-0.1, -0.05) is 6.92 Å². The molecule has 19 heavy (non-hydrogen) atoms. The van der Waals surface area contributed by atoms with Crippen LogP contribution in [-0.4, -0.2) is 23.2 Å². The predicted octanol–water partition coefficient (Wildman–Crippen LogP) is 2.77. The lowest BCUT2D eigenvalue weighted by atomic mass is 10.1. The van der Waals surface area contributed by atoms with E-state index in [2.05, 4.69) is 27.2 Å². The Labute approximate surface area is 118 Å². The minimum absolute atomic E-state index is 0.260. The van der Waals surface area contributed by atoms with Crippen molar-refractivity contribution in [1.82, 2.24) is 14.9 Å². The summed E-state index contributed by atoms with van der Waals surface area (Å²) >= 11 is 1.74. The molecule has 0 saturated heterocycles. The molecule has 5 heteroatoms. The van der Waals surface area contributed by atoms with Crippen molar-refractivity contribution in [3.63, 3.8) is 0 Å². The third-order valence-corrected chi connectivity index (χ3v) is 4.15. The highest BCUT2D eigenvalue weighted by Gasteiger charge is 2.19. The highest BCUT2D eigenvalue weighted by molar-refractivity contribution is 7.10. The molecule has 0 radical (unpaired) electrons. The maximum atomic E-state index is 5.44. The topological polar surface area (TPSA) is 39.1 Å². The largest absolute Gasteiger partial charge is 0.496 e. The van der Waals surface area contributed by atoms with Gasteiger partial charge in [0.15, 0.2) is 0 Å². The molecule has 1 unspecified atom stereocenters. The molecule has 0 aliphatic carbocycles. The van der Waals surface area contributed by atoms with E-state index < -0.39 is 0 Å². The number of imidazole rings is 1. The van der Waals surface area contributed by atoms with E-state index in [1.165, 1.54) is 4.88 Å². The Morgan fingerprint density at radius 2 is 2.37 bits per heavy atom. The van der Waals surface area contributed by atoms with E-state index in [0.29, 0.717) is 0 Å². The molecule has 2 aromatic rings. The molecule has 0 aromatic carbocycles. The van der Waals surface area contributed by atoms with Gasteiger partial charge in [-0.25, -0.2) is 4.98 Å². The number of aromatic nitrogens is 2. The summed E-state index contributed by atoms with van der Waals surface area (Å²) in [7, 11) is 3.76. The van der Waals surface area contributed by atoms with Crippen molar-refractivity contribution in [2.75, 3.05) is 13.7 Å². The van der Waals surface area contributed by atoms with Crippen LogP contribution in [-0.2, 0) is 13.5 Å². The zero-order valence-electron chi connectivity index (χ0n) is 11.7. The first kappa shape index (κ1) is 14.1. The van der Waals surface area contributed by atoms with Crippen LogP contribution in [0.15, 0.2) is 23.8 Å². The third kappa shape index (κ3) is 3.36. The Bertz CT molecular complexity index is 506. The first-order chi connectivity index (χ1) is 9.26. The lowest BCUT2D eigenvalue weighted by Gasteiger charge is -2.18. The van der Waals surface area contributed by atoms with Crippen LogP contribution in [0.5, 0.6) is 5.75 Å². The van der Waals surface area contributed by atoms with Gasteiger partial charge in [-0.05, 0) is 24.4 Å². The second-order valence-corrected chi connectivity index (χ2v) is 5.47. The van der Waals surface area contributed by atoms with Gasteiger partial charge in [0, 0.05) is 25.9 Å². The smallest absolute Gasteiger partial charge is 0.134 e. The maximum absolute atomic E-state index is 5.44. The predicted molar refractivity (Wildman–Crippen MR) is 78.8 cm³/mol.